The second-order valence-corrected chi connectivity index (χ2v) is 6.15. The third-order valence-electron chi connectivity index (χ3n) is 4.25. The van der Waals surface area contributed by atoms with E-state index in [1.165, 1.54) is 23.2 Å². The minimum absolute atomic E-state index is 0.0797. The van der Waals surface area contributed by atoms with Crippen LogP contribution in [0.25, 0.3) is 6.08 Å². The lowest BCUT2D eigenvalue weighted by molar-refractivity contribution is -0.385. The number of carbonyl (C=O) groups is 1. The Morgan fingerprint density at radius 2 is 2.03 bits per heavy atom. The second-order valence-electron chi connectivity index (χ2n) is 6.15. The summed E-state index contributed by atoms with van der Waals surface area (Å²) < 4.78 is 12.0. The Bertz CT molecular complexity index is 1070. The Morgan fingerprint density at radius 3 is 2.72 bits per heavy atom. The second kappa shape index (κ2) is 8.83. The van der Waals surface area contributed by atoms with Gasteiger partial charge >= 0.3 is 5.69 Å². The summed E-state index contributed by atoms with van der Waals surface area (Å²) in [5.74, 6) is 1.09. The molecule has 0 unspecified atom stereocenters. The molecule has 0 N–H and O–H groups in total. The van der Waals surface area contributed by atoms with Crippen LogP contribution in [0.4, 0.5) is 5.69 Å². The maximum atomic E-state index is 12.4. The maximum absolute atomic E-state index is 12.4. The van der Waals surface area contributed by atoms with Crippen molar-refractivity contribution in [3.63, 3.8) is 0 Å². The Balaban J connectivity index is 1.80. The number of ether oxygens (including phenoxy) is 2. The first-order valence-corrected chi connectivity index (χ1v) is 8.70. The van der Waals surface area contributed by atoms with Crippen LogP contribution in [-0.4, -0.2) is 34.7 Å². The van der Waals surface area contributed by atoms with Crippen LogP contribution in [0.3, 0.4) is 0 Å². The van der Waals surface area contributed by atoms with E-state index in [0.717, 1.165) is 11.1 Å². The lowest BCUT2D eigenvalue weighted by Gasteiger charge is -2.09. The molecule has 2 aromatic carbocycles. The van der Waals surface area contributed by atoms with Gasteiger partial charge in [0, 0.05) is 11.1 Å². The number of benzene rings is 2. The smallest absolute Gasteiger partial charge is 0.307 e. The molecule has 3 rings (SSSR count). The lowest BCUT2D eigenvalue weighted by Crippen LogP contribution is -2.02. The number of hydrogen-bond acceptors (Lipinski definition) is 6. The molecule has 0 spiro atoms. The molecule has 3 aromatic rings. The zero-order valence-corrected chi connectivity index (χ0v) is 15.9. The molecule has 1 heterocycles. The number of rotatable bonds is 8. The van der Waals surface area contributed by atoms with Gasteiger partial charge in [0.25, 0.3) is 0 Å². The molecular formula is C21H19N3O5. The number of methoxy groups -OCH3 is 2. The fourth-order valence-corrected chi connectivity index (χ4v) is 2.78. The first kappa shape index (κ1) is 19.8. The van der Waals surface area contributed by atoms with Gasteiger partial charge in [0.1, 0.15) is 23.9 Å². The molecule has 8 heteroatoms. The quantitative estimate of drug-likeness (QED) is 0.250. The first-order chi connectivity index (χ1) is 14.0. The Labute approximate surface area is 167 Å². The number of nitro groups is 1. The summed E-state index contributed by atoms with van der Waals surface area (Å²) in [7, 11) is 3.10. The monoisotopic (exact) mass is 393 g/mol. The van der Waals surface area contributed by atoms with Gasteiger partial charge in [0.2, 0.25) is 0 Å². The summed E-state index contributed by atoms with van der Waals surface area (Å²) in [6.45, 7) is 0.294. The van der Waals surface area contributed by atoms with E-state index in [2.05, 4.69) is 5.10 Å². The fraction of sp³-hybridized carbons (Fsp3) is 0.143. The van der Waals surface area contributed by atoms with E-state index in [0.29, 0.717) is 23.6 Å². The third-order valence-corrected chi connectivity index (χ3v) is 4.25. The van der Waals surface area contributed by atoms with Crippen molar-refractivity contribution in [3.05, 3.63) is 87.7 Å². The molecule has 0 saturated carbocycles. The van der Waals surface area contributed by atoms with Crippen molar-refractivity contribution in [2.75, 3.05) is 14.2 Å². The SMILES string of the molecule is COc1cccc(C(=O)/C=C/c2ccc(OC)c(Cn3cc([N+](=O)[O-])cn3)c2)c1. The van der Waals surface area contributed by atoms with Gasteiger partial charge in [-0.25, -0.2) is 0 Å². The topological polar surface area (TPSA) is 96.5 Å². The zero-order chi connectivity index (χ0) is 20.8. The van der Waals surface area contributed by atoms with Gasteiger partial charge in [-0.15, -0.1) is 0 Å². The van der Waals surface area contributed by atoms with Crippen molar-refractivity contribution in [2.45, 2.75) is 6.54 Å². The van der Waals surface area contributed by atoms with Gasteiger partial charge in [-0.05, 0) is 35.9 Å². The van der Waals surface area contributed by atoms with Crippen LogP contribution < -0.4 is 9.47 Å². The molecule has 148 valence electrons. The summed E-state index contributed by atoms with van der Waals surface area (Å²) in [4.78, 5) is 22.7. The van der Waals surface area contributed by atoms with E-state index < -0.39 is 4.92 Å². The van der Waals surface area contributed by atoms with Crippen molar-refractivity contribution in [2.24, 2.45) is 0 Å². The third kappa shape index (κ3) is 4.86. The van der Waals surface area contributed by atoms with Gasteiger partial charge in [0.05, 0.1) is 25.7 Å². The fourth-order valence-electron chi connectivity index (χ4n) is 2.78. The highest BCUT2D eigenvalue weighted by Crippen LogP contribution is 2.23. The number of ketones is 1. The van der Waals surface area contributed by atoms with Crippen molar-refractivity contribution >= 4 is 17.5 Å². The van der Waals surface area contributed by atoms with Crippen molar-refractivity contribution in [3.8, 4) is 11.5 Å². The highest BCUT2D eigenvalue weighted by Gasteiger charge is 2.11. The van der Waals surface area contributed by atoms with E-state index in [-0.39, 0.29) is 11.5 Å². The van der Waals surface area contributed by atoms with Crippen molar-refractivity contribution < 1.29 is 19.2 Å². The van der Waals surface area contributed by atoms with Crippen LogP contribution in [0, 0.1) is 10.1 Å². The summed E-state index contributed by atoms with van der Waals surface area (Å²) in [6.07, 6.45) is 5.74. The average Bonchev–Trinajstić information content (AvgIpc) is 3.21. The summed E-state index contributed by atoms with van der Waals surface area (Å²) in [5.41, 5.74) is 2.02. The van der Waals surface area contributed by atoms with E-state index in [9.17, 15) is 14.9 Å². The molecule has 0 aliphatic rings. The minimum Gasteiger partial charge on any atom is -0.497 e. The highest BCUT2D eigenvalue weighted by atomic mass is 16.6. The van der Waals surface area contributed by atoms with Crippen LogP contribution >= 0.6 is 0 Å². The number of aromatic nitrogens is 2. The molecule has 0 bridgehead atoms. The van der Waals surface area contributed by atoms with Crippen LogP contribution in [-0.2, 0) is 6.54 Å². The molecule has 0 amide bonds. The molecule has 29 heavy (non-hydrogen) atoms. The van der Waals surface area contributed by atoms with Crippen LogP contribution in [0.15, 0.2) is 60.9 Å². The predicted molar refractivity (Wildman–Crippen MR) is 107 cm³/mol. The summed E-state index contributed by atoms with van der Waals surface area (Å²) in [6, 6.07) is 12.4. The van der Waals surface area contributed by atoms with Crippen LogP contribution in [0.1, 0.15) is 21.5 Å². The molecule has 1 aromatic heterocycles. The molecule has 0 atom stereocenters. The molecule has 0 saturated heterocycles. The van der Waals surface area contributed by atoms with Crippen molar-refractivity contribution in [1.82, 2.24) is 9.78 Å². The molecule has 0 fully saturated rings. The normalized spacial score (nSPS) is 10.8. The maximum Gasteiger partial charge on any atom is 0.307 e. The predicted octanol–water partition coefficient (Wildman–Crippen LogP) is 3.75. The van der Waals surface area contributed by atoms with E-state index in [1.54, 1.807) is 50.6 Å². The highest BCUT2D eigenvalue weighted by molar-refractivity contribution is 6.07. The average molecular weight is 393 g/mol. The molecular weight excluding hydrogens is 374 g/mol. The Hall–Kier alpha value is -3.94. The van der Waals surface area contributed by atoms with Crippen LogP contribution in [0.5, 0.6) is 11.5 Å². The van der Waals surface area contributed by atoms with E-state index >= 15 is 0 Å². The lowest BCUT2D eigenvalue weighted by atomic mass is 10.1. The molecule has 0 radical (unpaired) electrons. The van der Waals surface area contributed by atoms with Gasteiger partial charge in [-0.1, -0.05) is 24.3 Å². The number of allylic oxidation sites excluding steroid dienone is 1. The molecule has 0 aliphatic carbocycles. The van der Waals surface area contributed by atoms with Gasteiger partial charge < -0.3 is 9.47 Å². The Morgan fingerprint density at radius 1 is 1.21 bits per heavy atom. The van der Waals surface area contributed by atoms with Gasteiger partial charge in [-0.3, -0.25) is 19.6 Å². The van der Waals surface area contributed by atoms with E-state index in [4.69, 9.17) is 9.47 Å². The summed E-state index contributed by atoms with van der Waals surface area (Å²) >= 11 is 0. The largest absolute Gasteiger partial charge is 0.497 e. The number of carbonyl (C=O) groups excluding carboxylic acids is 1. The zero-order valence-electron chi connectivity index (χ0n) is 15.9. The minimum atomic E-state index is -0.496. The molecule has 8 nitrogen and oxygen atoms in total. The standard InChI is InChI=1S/C21H19N3O5/c1-28-19-5-3-4-16(11-19)20(25)8-6-15-7-9-21(29-2)17(10-15)13-23-14-18(12-22-23)24(26)27/h3-12,14H,13H2,1-2H3/b8-6+. The number of hydrogen-bond donors (Lipinski definition) is 0. The van der Waals surface area contributed by atoms with Crippen molar-refractivity contribution in [1.29, 1.82) is 0 Å². The van der Waals surface area contributed by atoms with Crippen LogP contribution in [0.2, 0.25) is 0 Å². The van der Waals surface area contributed by atoms with E-state index in [1.807, 2.05) is 12.1 Å². The van der Waals surface area contributed by atoms with Gasteiger partial charge in [-0.2, -0.15) is 5.10 Å². The Kier molecular flexibility index (Phi) is 6.03. The first-order valence-electron chi connectivity index (χ1n) is 8.70. The van der Waals surface area contributed by atoms with Gasteiger partial charge in [0.15, 0.2) is 5.78 Å². The summed E-state index contributed by atoms with van der Waals surface area (Å²) in [5, 5.41) is 14.8. The number of nitrogens with zero attached hydrogens (tertiary/aromatic N) is 3. The molecule has 0 aliphatic heterocycles.